The van der Waals surface area contributed by atoms with Crippen LogP contribution in [0.1, 0.15) is 26.2 Å². The van der Waals surface area contributed by atoms with E-state index in [0.29, 0.717) is 18.0 Å². The molecule has 4 N–H and O–H groups in total. The lowest BCUT2D eigenvalue weighted by Gasteiger charge is -2.18. The van der Waals surface area contributed by atoms with Gasteiger partial charge in [-0.05, 0) is 19.3 Å². The van der Waals surface area contributed by atoms with Gasteiger partial charge < -0.3 is 20.9 Å². The van der Waals surface area contributed by atoms with Gasteiger partial charge in [-0.15, -0.1) is 0 Å². The Morgan fingerprint density at radius 3 is 2.78 bits per heavy atom. The molecule has 2 rings (SSSR count). The summed E-state index contributed by atoms with van der Waals surface area (Å²) in [5, 5.41) is 12.4. The van der Waals surface area contributed by atoms with Crippen molar-refractivity contribution in [1.29, 1.82) is 0 Å². The third kappa shape index (κ3) is 2.67. The molecule has 0 aromatic heterocycles. The second-order valence-electron chi connectivity index (χ2n) is 4.78. The van der Waals surface area contributed by atoms with Gasteiger partial charge in [0.1, 0.15) is 0 Å². The molecule has 0 aliphatic heterocycles. The lowest BCUT2D eigenvalue weighted by molar-refractivity contribution is 0.266. The average molecular weight is 254 g/mol. The molecule has 4 nitrogen and oxygen atoms in total. The Balaban J connectivity index is 2.18. The van der Waals surface area contributed by atoms with Crippen LogP contribution < -0.4 is 15.8 Å². The van der Waals surface area contributed by atoms with E-state index in [9.17, 15) is 9.50 Å². The van der Waals surface area contributed by atoms with Crippen molar-refractivity contribution in [3.8, 4) is 5.75 Å². The lowest BCUT2D eigenvalue weighted by atomic mass is 10.2. The second kappa shape index (κ2) is 5.02. The van der Waals surface area contributed by atoms with Crippen LogP contribution in [0.25, 0.3) is 0 Å². The van der Waals surface area contributed by atoms with Crippen LogP contribution in [0.3, 0.4) is 0 Å². The molecule has 0 spiro atoms. The fourth-order valence-electron chi connectivity index (χ4n) is 1.76. The molecular formula is C13H19FN2O2. The molecular weight excluding hydrogens is 235 g/mol. The monoisotopic (exact) mass is 254 g/mol. The van der Waals surface area contributed by atoms with Crippen LogP contribution >= 0.6 is 0 Å². The summed E-state index contributed by atoms with van der Waals surface area (Å²) in [7, 11) is 0. The summed E-state index contributed by atoms with van der Waals surface area (Å²) in [5.74, 6) is -0.261. The number of ether oxygens (including phenoxy) is 1. The van der Waals surface area contributed by atoms with Gasteiger partial charge in [-0.25, -0.2) is 4.39 Å². The van der Waals surface area contributed by atoms with Gasteiger partial charge in [0, 0.05) is 12.1 Å². The van der Waals surface area contributed by atoms with Crippen molar-refractivity contribution >= 4 is 11.4 Å². The smallest absolute Gasteiger partial charge is 0.167 e. The molecule has 5 heteroatoms. The van der Waals surface area contributed by atoms with Gasteiger partial charge in [-0.1, -0.05) is 6.92 Å². The minimum absolute atomic E-state index is 0.0506. The van der Waals surface area contributed by atoms with Crippen LogP contribution in [0, 0.1) is 5.82 Å². The highest BCUT2D eigenvalue weighted by molar-refractivity contribution is 5.70. The predicted molar refractivity (Wildman–Crippen MR) is 69.3 cm³/mol. The number of hydrogen-bond acceptors (Lipinski definition) is 4. The highest BCUT2D eigenvalue weighted by Gasteiger charge is 2.42. The molecule has 0 unspecified atom stereocenters. The van der Waals surface area contributed by atoms with Gasteiger partial charge in [-0.2, -0.15) is 0 Å². The fraction of sp³-hybridized carbons (Fsp3) is 0.538. The molecule has 1 aliphatic carbocycles. The molecule has 0 bridgehead atoms. The molecule has 1 aromatic carbocycles. The summed E-state index contributed by atoms with van der Waals surface area (Å²) in [5.41, 5.74) is 6.43. The highest BCUT2D eigenvalue weighted by atomic mass is 19.1. The minimum Gasteiger partial charge on any atom is -0.490 e. The van der Waals surface area contributed by atoms with E-state index in [2.05, 4.69) is 5.32 Å². The third-order valence-corrected chi connectivity index (χ3v) is 3.12. The number of nitrogen functional groups attached to an aromatic ring is 1. The first-order valence-electron chi connectivity index (χ1n) is 6.21. The zero-order valence-electron chi connectivity index (χ0n) is 10.5. The maximum absolute atomic E-state index is 13.6. The molecule has 0 saturated heterocycles. The maximum atomic E-state index is 13.6. The SMILES string of the molecule is CCCOc1cc(NC2(CO)CC2)c(N)cc1F. The number of aliphatic hydroxyl groups is 1. The highest BCUT2D eigenvalue weighted by Crippen LogP contribution is 2.40. The number of aliphatic hydroxyl groups excluding tert-OH is 1. The van der Waals surface area contributed by atoms with Crippen LogP contribution in [0.15, 0.2) is 12.1 Å². The Bertz CT molecular complexity index is 433. The minimum atomic E-state index is -0.458. The topological polar surface area (TPSA) is 67.5 Å². The molecule has 0 amide bonds. The Labute approximate surface area is 106 Å². The quantitative estimate of drug-likeness (QED) is 0.680. The van der Waals surface area contributed by atoms with Crippen molar-refractivity contribution in [2.24, 2.45) is 0 Å². The number of anilines is 2. The second-order valence-corrected chi connectivity index (χ2v) is 4.78. The fourth-order valence-corrected chi connectivity index (χ4v) is 1.76. The molecule has 1 aromatic rings. The summed E-state index contributed by atoms with van der Waals surface area (Å²) in [6.07, 6.45) is 2.60. The largest absolute Gasteiger partial charge is 0.490 e. The number of halogens is 1. The number of nitrogens with one attached hydrogen (secondary N) is 1. The van der Waals surface area contributed by atoms with Crippen molar-refractivity contribution in [3.05, 3.63) is 17.9 Å². The first-order chi connectivity index (χ1) is 8.60. The van der Waals surface area contributed by atoms with Gasteiger partial charge in [-0.3, -0.25) is 0 Å². The molecule has 0 atom stereocenters. The molecule has 1 fully saturated rings. The van der Waals surface area contributed by atoms with Crippen molar-refractivity contribution in [3.63, 3.8) is 0 Å². The van der Waals surface area contributed by atoms with E-state index >= 15 is 0 Å². The van der Waals surface area contributed by atoms with Crippen molar-refractivity contribution in [2.75, 3.05) is 24.3 Å². The van der Waals surface area contributed by atoms with E-state index < -0.39 is 5.82 Å². The molecule has 0 heterocycles. The first kappa shape index (κ1) is 13.0. The number of hydrogen-bond donors (Lipinski definition) is 3. The molecule has 1 aliphatic rings. The molecule has 18 heavy (non-hydrogen) atoms. The van der Waals surface area contributed by atoms with E-state index in [1.54, 1.807) is 6.07 Å². The molecule has 0 radical (unpaired) electrons. The van der Waals surface area contributed by atoms with Gasteiger partial charge >= 0.3 is 0 Å². The van der Waals surface area contributed by atoms with Crippen LogP contribution in [0.5, 0.6) is 5.75 Å². The summed E-state index contributed by atoms with van der Waals surface area (Å²) in [6.45, 7) is 2.47. The number of rotatable bonds is 6. The zero-order valence-corrected chi connectivity index (χ0v) is 10.5. The van der Waals surface area contributed by atoms with Crippen LogP contribution in [0.2, 0.25) is 0 Å². The van der Waals surface area contributed by atoms with E-state index in [1.807, 2.05) is 6.92 Å². The van der Waals surface area contributed by atoms with E-state index in [0.717, 1.165) is 19.3 Å². The van der Waals surface area contributed by atoms with Gasteiger partial charge in [0.25, 0.3) is 0 Å². The van der Waals surface area contributed by atoms with Gasteiger partial charge in [0.05, 0.1) is 30.1 Å². The summed E-state index contributed by atoms with van der Waals surface area (Å²) >= 11 is 0. The van der Waals surface area contributed by atoms with E-state index in [4.69, 9.17) is 10.5 Å². The Morgan fingerprint density at radius 1 is 1.50 bits per heavy atom. The Hall–Kier alpha value is -1.49. The van der Waals surface area contributed by atoms with Crippen molar-refractivity contribution in [2.45, 2.75) is 31.7 Å². The Morgan fingerprint density at radius 2 is 2.22 bits per heavy atom. The van der Waals surface area contributed by atoms with Crippen LogP contribution in [-0.2, 0) is 0 Å². The maximum Gasteiger partial charge on any atom is 0.167 e. The Kier molecular flexibility index (Phi) is 3.61. The lowest BCUT2D eigenvalue weighted by Crippen LogP contribution is -2.26. The summed E-state index contributed by atoms with van der Waals surface area (Å²) < 4.78 is 18.9. The third-order valence-electron chi connectivity index (χ3n) is 3.12. The van der Waals surface area contributed by atoms with Crippen molar-refractivity contribution < 1.29 is 14.2 Å². The molecule has 100 valence electrons. The zero-order chi connectivity index (χ0) is 13.2. The van der Waals surface area contributed by atoms with Gasteiger partial charge in [0.15, 0.2) is 11.6 Å². The normalized spacial score (nSPS) is 16.4. The van der Waals surface area contributed by atoms with E-state index in [1.165, 1.54) is 6.07 Å². The molecule has 1 saturated carbocycles. The predicted octanol–water partition coefficient (Wildman–Crippen LogP) is 2.13. The number of benzene rings is 1. The van der Waals surface area contributed by atoms with E-state index in [-0.39, 0.29) is 17.9 Å². The average Bonchev–Trinajstić information content (AvgIpc) is 3.12. The van der Waals surface area contributed by atoms with Crippen LogP contribution in [0.4, 0.5) is 15.8 Å². The summed E-state index contributed by atoms with van der Waals surface area (Å²) in [4.78, 5) is 0. The first-order valence-corrected chi connectivity index (χ1v) is 6.21. The van der Waals surface area contributed by atoms with Crippen molar-refractivity contribution in [1.82, 2.24) is 0 Å². The standard InChI is InChI=1S/C13H19FN2O2/c1-2-5-18-12-7-11(10(15)6-9(12)14)16-13(8-17)3-4-13/h6-7,16-17H,2-5,8,15H2,1H3. The van der Waals surface area contributed by atoms with Crippen LogP contribution in [-0.4, -0.2) is 23.9 Å². The van der Waals surface area contributed by atoms with Gasteiger partial charge in [0.2, 0.25) is 0 Å². The number of nitrogens with two attached hydrogens (primary N) is 1. The summed E-state index contributed by atoms with van der Waals surface area (Å²) in [6, 6.07) is 2.82.